The first-order chi connectivity index (χ1) is 9.88. The Hall–Kier alpha value is -1.67. The number of amides is 1. The van der Waals surface area contributed by atoms with Crippen LogP contribution in [0.25, 0.3) is 0 Å². The summed E-state index contributed by atoms with van der Waals surface area (Å²) in [5.41, 5.74) is 0. The van der Waals surface area contributed by atoms with Crippen LogP contribution in [-0.4, -0.2) is 52.3 Å². The molecule has 1 aromatic carbocycles. The second kappa shape index (κ2) is 6.40. The van der Waals surface area contributed by atoms with Crippen molar-refractivity contribution in [1.82, 2.24) is 4.90 Å². The average molecular weight is 362 g/mol. The number of nitrogens with zero attached hydrogens (tertiary/aromatic N) is 1. The molecule has 1 aliphatic rings. The summed E-state index contributed by atoms with van der Waals surface area (Å²) < 4.78 is 18.5. The molecule has 2 N–H and O–H groups in total. The maximum atomic E-state index is 12.9. The van der Waals surface area contributed by atoms with Crippen LogP contribution in [0, 0.1) is 5.82 Å². The molecule has 1 heterocycles. The molecule has 1 aromatic rings. The van der Waals surface area contributed by atoms with E-state index in [9.17, 15) is 19.1 Å². The predicted octanol–water partition coefficient (Wildman–Crippen LogP) is 1.01. The van der Waals surface area contributed by atoms with Gasteiger partial charge in [0.1, 0.15) is 17.6 Å². The van der Waals surface area contributed by atoms with E-state index in [1.165, 1.54) is 18.2 Å². The number of carbonyl (C=O) groups is 2. The number of aliphatic hydroxyl groups is 1. The third kappa shape index (κ3) is 3.70. The van der Waals surface area contributed by atoms with Gasteiger partial charge in [0.15, 0.2) is 6.61 Å². The molecular formula is C13H13BrFNO5. The van der Waals surface area contributed by atoms with Gasteiger partial charge in [-0.1, -0.05) is 0 Å². The summed E-state index contributed by atoms with van der Waals surface area (Å²) in [6.07, 6.45) is -0.853. The van der Waals surface area contributed by atoms with E-state index in [-0.39, 0.29) is 25.3 Å². The van der Waals surface area contributed by atoms with Crippen molar-refractivity contribution in [2.45, 2.75) is 18.6 Å². The molecule has 1 saturated heterocycles. The number of ether oxygens (including phenoxy) is 1. The Labute approximate surface area is 128 Å². The van der Waals surface area contributed by atoms with Gasteiger partial charge in [-0.15, -0.1) is 0 Å². The topological polar surface area (TPSA) is 87.1 Å². The largest absolute Gasteiger partial charge is 0.483 e. The Kier molecular flexibility index (Phi) is 4.79. The number of aliphatic hydroxyl groups excluding tert-OH is 1. The molecule has 8 heteroatoms. The standard InChI is InChI=1S/C13H13BrFNO5/c14-9-3-7(15)1-2-11(9)21-6-12(18)16-5-8(17)4-10(16)13(19)20/h1-3,8,10,17H,4-6H2,(H,19,20). The lowest BCUT2D eigenvalue weighted by atomic mass is 10.2. The predicted molar refractivity (Wildman–Crippen MR) is 73.4 cm³/mol. The van der Waals surface area contributed by atoms with Crippen molar-refractivity contribution in [3.05, 3.63) is 28.5 Å². The molecule has 0 saturated carbocycles. The van der Waals surface area contributed by atoms with Crippen LogP contribution in [0.15, 0.2) is 22.7 Å². The van der Waals surface area contributed by atoms with Crippen LogP contribution in [0.2, 0.25) is 0 Å². The van der Waals surface area contributed by atoms with E-state index < -0.39 is 29.8 Å². The number of aliphatic carboxylic acids is 1. The number of rotatable bonds is 4. The number of carboxylic acids is 1. The Bertz CT molecular complexity index is 567. The first-order valence-corrected chi connectivity index (χ1v) is 6.96. The van der Waals surface area contributed by atoms with E-state index >= 15 is 0 Å². The molecule has 1 aliphatic heterocycles. The Morgan fingerprint density at radius 2 is 2.19 bits per heavy atom. The minimum Gasteiger partial charge on any atom is -0.483 e. The minimum atomic E-state index is -1.16. The molecule has 1 amide bonds. The minimum absolute atomic E-state index is 0.00131. The fourth-order valence-electron chi connectivity index (χ4n) is 2.14. The van der Waals surface area contributed by atoms with Crippen LogP contribution in [0.1, 0.15) is 6.42 Å². The van der Waals surface area contributed by atoms with Crippen LogP contribution in [0.3, 0.4) is 0 Å². The maximum Gasteiger partial charge on any atom is 0.326 e. The van der Waals surface area contributed by atoms with Crippen molar-refractivity contribution in [2.24, 2.45) is 0 Å². The average Bonchev–Trinajstić information content (AvgIpc) is 2.80. The molecule has 114 valence electrons. The third-order valence-corrected chi connectivity index (χ3v) is 3.75. The summed E-state index contributed by atoms with van der Waals surface area (Å²) in [5.74, 6) is -1.89. The monoisotopic (exact) mass is 361 g/mol. The van der Waals surface area contributed by atoms with Crippen molar-refractivity contribution in [3.8, 4) is 5.75 Å². The van der Waals surface area contributed by atoms with Gasteiger partial charge in [-0.2, -0.15) is 0 Å². The van der Waals surface area contributed by atoms with Crippen molar-refractivity contribution in [3.63, 3.8) is 0 Å². The zero-order chi connectivity index (χ0) is 15.6. The quantitative estimate of drug-likeness (QED) is 0.835. The lowest BCUT2D eigenvalue weighted by molar-refractivity contribution is -0.149. The summed E-state index contributed by atoms with van der Waals surface area (Å²) >= 11 is 3.10. The number of hydrogen-bond acceptors (Lipinski definition) is 4. The van der Waals surface area contributed by atoms with Crippen LogP contribution >= 0.6 is 15.9 Å². The molecule has 0 radical (unpaired) electrons. The normalized spacial score (nSPS) is 21.4. The van der Waals surface area contributed by atoms with Crippen molar-refractivity contribution >= 4 is 27.8 Å². The van der Waals surface area contributed by atoms with Crippen LogP contribution in [-0.2, 0) is 9.59 Å². The van der Waals surface area contributed by atoms with Crippen LogP contribution in [0.5, 0.6) is 5.75 Å². The maximum absolute atomic E-state index is 12.9. The van der Waals surface area contributed by atoms with E-state index in [0.717, 1.165) is 4.90 Å². The lowest BCUT2D eigenvalue weighted by Gasteiger charge is -2.21. The van der Waals surface area contributed by atoms with Gasteiger partial charge in [0, 0.05) is 13.0 Å². The molecule has 0 aliphatic carbocycles. The summed E-state index contributed by atoms with van der Waals surface area (Å²) in [6.45, 7) is -0.426. The van der Waals surface area contributed by atoms with E-state index in [0.29, 0.717) is 4.47 Å². The van der Waals surface area contributed by atoms with Crippen molar-refractivity contribution in [2.75, 3.05) is 13.2 Å². The van der Waals surface area contributed by atoms with Gasteiger partial charge in [0.05, 0.1) is 10.6 Å². The fraction of sp³-hybridized carbons (Fsp3) is 0.385. The van der Waals surface area contributed by atoms with Gasteiger partial charge in [-0.05, 0) is 34.1 Å². The Morgan fingerprint density at radius 1 is 1.48 bits per heavy atom. The molecule has 0 aromatic heterocycles. The molecule has 2 rings (SSSR count). The number of likely N-dealkylation sites (tertiary alicyclic amines) is 1. The highest BCUT2D eigenvalue weighted by Gasteiger charge is 2.38. The molecule has 0 bridgehead atoms. The molecular weight excluding hydrogens is 349 g/mol. The van der Waals surface area contributed by atoms with Crippen molar-refractivity contribution in [1.29, 1.82) is 0 Å². The van der Waals surface area contributed by atoms with Gasteiger partial charge in [-0.3, -0.25) is 4.79 Å². The molecule has 2 unspecified atom stereocenters. The van der Waals surface area contributed by atoms with Crippen molar-refractivity contribution < 1.29 is 28.9 Å². The highest BCUT2D eigenvalue weighted by atomic mass is 79.9. The lowest BCUT2D eigenvalue weighted by Crippen LogP contribution is -2.42. The Balaban J connectivity index is 1.99. The summed E-state index contributed by atoms with van der Waals surface area (Å²) in [6, 6.07) is 2.69. The zero-order valence-electron chi connectivity index (χ0n) is 10.8. The number of β-amino-alcohol motifs (C(OH)–C–C–N with tert-alkyl or cyclic N) is 1. The summed E-state index contributed by atoms with van der Waals surface area (Å²) in [5, 5.41) is 18.5. The van der Waals surface area contributed by atoms with E-state index in [4.69, 9.17) is 9.84 Å². The van der Waals surface area contributed by atoms with E-state index in [1.54, 1.807) is 0 Å². The number of carboxylic acid groups (broad SMARTS) is 1. The second-order valence-electron chi connectivity index (χ2n) is 4.65. The highest BCUT2D eigenvalue weighted by Crippen LogP contribution is 2.26. The van der Waals surface area contributed by atoms with Gasteiger partial charge in [-0.25, -0.2) is 9.18 Å². The van der Waals surface area contributed by atoms with Crippen LogP contribution in [0.4, 0.5) is 4.39 Å². The molecule has 2 atom stereocenters. The summed E-state index contributed by atoms with van der Waals surface area (Å²) in [7, 11) is 0. The van der Waals surface area contributed by atoms with E-state index in [2.05, 4.69) is 15.9 Å². The summed E-state index contributed by atoms with van der Waals surface area (Å²) in [4.78, 5) is 24.1. The second-order valence-corrected chi connectivity index (χ2v) is 5.51. The van der Waals surface area contributed by atoms with Gasteiger partial charge >= 0.3 is 5.97 Å². The SMILES string of the molecule is O=C(O)C1CC(O)CN1C(=O)COc1ccc(F)cc1Br. The fourth-order valence-corrected chi connectivity index (χ4v) is 2.60. The number of hydrogen-bond donors (Lipinski definition) is 2. The first-order valence-electron chi connectivity index (χ1n) is 6.16. The van der Waals surface area contributed by atoms with Gasteiger partial charge in [0.25, 0.3) is 5.91 Å². The highest BCUT2D eigenvalue weighted by molar-refractivity contribution is 9.10. The Morgan fingerprint density at radius 3 is 2.81 bits per heavy atom. The van der Waals surface area contributed by atoms with Crippen LogP contribution < -0.4 is 4.74 Å². The molecule has 1 fully saturated rings. The third-order valence-electron chi connectivity index (χ3n) is 3.13. The first kappa shape index (κ1) is 15.7. The molecule has 0 spiro atoms. The zero-order valence-corrected chi connectivity index (χ0v) is 12.4. The number of carbonyl (C=O) groups excluding carboxylic acids is 1. The number of halogens is 2. The van der Waals surface area contributed by atoms with E-state index in [1.807, 2.05) is 0 Å². The smallest absolute Gasteiger partial charge is 0.326 e. The van der Waals surface area contributed by atoms with Gasteiger partial charge < -0.3 is 19.8 Å². The molecule has 6 nitrogen and oxygen atoms in total. The van der Waals surface area contributed by atoms with Gasteiger partial charge in [0.2, 0.25) is 0 Å². The molecule has 21 heavy (non-hydrogen) atoms. The number of benzene rings is 1.